The molecular formula is C25H26ClNO3. The van der Waals surface area contributed by atoms with E-state index in [9.17, 15) is 9.59 Å². The van der Waals surface area contributed by atoms with Crippen molar-refractivity contribution in [2.75, 3.05) is 7.11 Å². The lowest BCUT2D eigenvalue weighted by Crippen LogP contribution is -2.22. The predicted molar refractivity (Wildman–Crippen MR) is 119 cm³/mol. The van der Waals surface area contributed by atoms with Gasteiger partial charge < -0.3 is 9.14 Å². The summed E-state index contributed by atoms with van der Waals surface area (Å²) in [5.74, 6) is -0.0446. The van der Waals surface area contributed by atoms with Crippen LogP contribution in [0, 0.1) is 5.92 Å². The van der Waals surface area contributed by atoms with Crippen LogP contribution in [-0.4, -0.2) is 23.3 Å². The van der Waals surface area contributed by atoms with Crippen molar-refractivity contribution < 1.29 is 14.3 Å². The molecule has 2 heterocycles. The molecule has 156 valence electrons. The first-order chi connectivity index (χ1) is 14.5. The Morgan fingerprint density at radius 3 is 2.57 bits per heavy atom. The lowest BCUT2D eigenvalue weighted by atomic mass is 9.79. The summed E-state index contributed by atoms with van der Waals surface area (Å²) in [7, 11) is 1.38. The van der Waals surface area contributed by atoms with Gasteiger partial charge in [-0.25, -0.2) is 4.79 Å². The van der Waals surface area contributed by atoms with Crippen LogP contribution in [0.3, 0.4) is 0 Å². The lowest BCUT2D eigenvalue weighted by Gasteiger charge is -2.24. The predicted octanol–water partition coefficient (Wildman–Crippen LogP) is 5.91. The number of methoxy groups -OCH3 is 1. The Morgan fingerprint density at radius 1 is 1.17 bits per heavy atom. The monoisotopic (exact) mass is 423 g/mol. The van der Waals surface area contributed by atoms with E-state index in [4.69, 9.17) is 16.3 Å². The fraction of sp³-hybridized carbons (Fsp3) is 0.360. The van der Waals surface area contributed by atoms with Gasteiger partial charge in [0.2, 0.25) is 0 Å². The molecule has 4 nitrogen and oxygen atoms in total. The number of fused-ring (bicyclic) bond motifs is 1. The number of hydrogen-bond acceptors (Lipinski definition) is 3. The third-order valence-electron chi connectivity index (χ3n) is 6.10. The Hall–Kier alpha value is -2.59. The smallest absolute Gasteiger partial charge is 0.339 e. The summed E-state index contributed by atoms with van der Waals surface area (Å²) < 4.78 is 6.93. The van der Waals surface area contributed by atoms with Crippen molar-refractivity contribution in [2.45, 2.75) is 45.4 Å². The molecule has 3 aromatic rings. The highest BCUT2D eigenvalue weighted by Gasteiger charge is 2.32. The molecule has 4 rings (SSSR count). The Balaban J connectivity index is 1.95. The summed E-state index contributed by atoms with van der Waals surface area (Å²) in [4.78, 5) is 25.6. The van der Waals surface area contributed by atoms with Crippen LogP contribution < -0.4 is 0 Å². The van der Waals surface area contributed by atoms with Gasteiger partial charge in [-0.15, -0.1) is 0 Å². The highest BCUT2D eigenvalue weighted by Crippen LogP contribution is 2.36. The summed E-state index contributed by atoms with van der Waals surface area (Å²) >= 11 is 6.46. The number of pyridine rings is 1. The summed E-state index contributed by atoms with van der Waals surface area (Å²) in [5.41, 5.74) is 5.25. The summed E-state index contributed by atoms with van der Waals surface area (Å²) in [6.45, 7) is 2.12. The van der Waals surface area contributed by atoms with Crippen LogP contribution in [0.4, 0.5) is 0 Å². The van der Waals surface area contributed by atoms with Crippen molar-refractivity contribution in [1.82, 2.24) is 4.40 Å². The van der Waals surface area contributed by atoms with E-state index in [0.717, 1.165) is 60.0 Å². The van der Waals surface area contributed by atoms with E-state index in [0.29, 0.717) is 17.0 Å². The minimum Gasteiger partial charge on any atom is -0.465 e. The number of rotatable bonds is 7. The number of carbonyl (C=O) groups excluding carboxylic acids is 2. The maximum absolute atomic E-state index is 13.4. The standard InChI is InChI=1S/C25H26ClNO3/c1-3-7-19-22(14-17-8-4-5-11-20(17)26)27-15-18(25(29)30-2)12-13-21(27)23(19)24(28)16-9-6-10-16/h4-5,8,11-13,15-16H,3,6-7,9-10,14H2,1-2H3. The second-order valence-electron chi connectivity index (χ2n) is 7.98. The first-order valence-electron chi connectivity index (χ1n) is 10.6. The van der Waals surface area contributed by atoms with Crippen molar-refractivity contribution in [3.8, 4) is 0 Å². The van der Waals surface area contributed by atoms with E-state index in [1.165, 1.54) is 7.11 Å². The molecule has 1 aliphatic carbocycles. The van der Waals surface area contributed by atoms with E-state index >= 15 is 0 Å². The zero-order valence-corrected chi connectivity index (χ0v) is 18.2. The minimum absolute atomic E-state index is 0.111. The molecule has 0 bridgehead atoms. The first-order valence-corrected chi connectivity index (χ1v) is 10.9. The average molecular weight is 424 g/mol. The van der Waals surface area contributed by atoms with E-state index in [1.54, 1.807) is 12.3 Å². The molecule has 1 fully saturated rings. The number of Topliss-reactive ketones (excluding diaryl/α,β-unsaturated/α-hetero) is 1. The van der Waals surface area contributed by atoms with Crippen LogP contribution in [0.5, 0.6) is 0 Å². The van der Waals surface area contributed by atoms with Crippen LogP contribution >= 0.6 is 11.6 Å². The number of aromatic nitrogens is 1. The summed E-state index contributed by atoms with van der Waals surface area (Å²) in [6.07, 6.45) is 7.17. The zero-order chi connectivity index (χ0) is 21.3. The van der Waals surface area contributed by atoms with Crippen molar-refractivity contribution in [3.63, 3.8) is 0 Å². The minimum atomic E-state index is -0.391. The molecule has 0 saturated heterocycles. The van der Waals surface area contributed by atoms with E-state index in [-0.39, 0.29) is 11.7 Å². The number of ether oxygens (including phenoxy) is 1. The van der Waals surface area contributed by atoms with Gasteiger partial charge in [0.05, 0.1) is 18.2 Å². The molecule has 0 unspecified atom stereocenters. The maximum Gasteiger partial charge on any atom is 0.339 e. The number of halogens is 1. The molecule has 5 heteroatoms. The van der Waals surface area contributed by atoms with Crippen LogP contribution in [-0.2, 0) is 17.6 Å². The van der Waals surface area contributed by atoms with Gasteiger partial charge in [-0.3, -0.25) is 4.79 Å². The van der Waals surface area contributed by atoms with Crippen LogP contribution in [0.1, 0.15) is 70.1 Å². The Labute approximate surface area is 181 Å². The van der Waals surface area contributed by atoms with Crippen molar-refractivity contribution in [1.29, 1.82) is 0 Å². The first kappa shape index (κ1) is 20.7. The SMILES string of the molecule is CCCc1c(C(=O)C2CCC2)c2ccc(C(=O)OC)cn2c1Cc1ccccc1Cl. The van der Waals surface area contributed by atoms with Crippen LogP contribution in [0.25, 0.3) is 5.52 Å². The number of ketones is 1. The third kappa shape index (κ3) is 3.65. The molecule has 30 heavy (non-hydrogen) atoms. The van der Waals surface area contributed by atoms with Gasteiger partial charge in [0.1, 0.15) is 0 Å². The van der Waals surface area contributed by atoms with Gasteiger partial charge >= 0.3 is 5.97 Å². The van der Waals surface area contributed by atoms with Gasteiger partial charge in [-0.05, 0) is 48.6 Å². The molecule has 0 amide bonds. The number of benzene rings is 1. The third-order valence-corrected chi connectivity index (χ3v) is 6.47. The Kier molecular flexibility index (Phi) is 5.96. The largest absolute Gasteiger partial charge is 0.465 e. The summed E-state index contributed by atoms with van der Waals surface area (Å²) in [5, 5.41) is 0.700. The second-order valence-corrected chi connectivity index (χ2v) is 8.38. The van der Waals surface area contributed by atoms with E-state index in [1.807, 2.05) is 34.7 Å². The molecule has 1 saturated carbocycles. The second kappa shape index (κ2) is 8.65. The van der Waals surface area contributed by atoms with E-state index < -0.39 is 5.97 Å². The Morgan fingerprint density at radius 2 is 1.93 bits per heavy atom. The summed E-state index contributed by atoms with van der Waals surface area (Å²) in [6, 6.07) is 11.4. The van der Waals surface area contributed by atoms with Gasteiger partial charge in [0, 0.05) is 34.8 Å². The van der Waals surface area contributed by atoms with Crippen molar-refractivity contribution in [2.24, 2.45) is 5.92 Å². The average Bonchev–Trinajstić information content (AvgIpc) is 3.00. The molecule has 0 radical (unpaired) electrons. The van der Waals surface area contributed by atoms with Gasteiger partial charge in [-0.2, -0.15) is 0 Å². The van der Waals surface area contributed by atoms with Crippen molar-refractivity contribution >= 4 is 28.9 Å². The zero-order valence-electron chi connectivity index (χ0n) is 17.4. The normalized spacial score (nSPS) is 14.0. The lowest BCUT2D eigenvalue weighted by molar-refractivity contribution is 0.0600. The fourth-order valence-corrected chi connectivity index (χ4v) is 4.50. The highest BCUT2D eigenvalue weighted by molar-refractivity contribution is 6.31. The van der Waals surface area contributed by atoms with Gasteiger partial charge in [0.15, 0.2) is 5.78 Å². The van der Waals surface area contributed by atoms with Crippen LogP contribution in [0.15, 0.2) is 42.6 Å². The molecule has 0 spiro atoms. The van der Waals surface area contributed by atoms with E-state index in [2.05, 4.69) is 6.92 Å². The fourth-order valence-electron chi connectivity index (χ4n) is 4.29. The number of nitrogens with zero attached hydrogens (tertiary/aromatic N) is 1. The number of esters is 1. The molecule has 1 aromatic carbocycles. The maximum atomic E-state index is 13.4. The number of hydrogen-bond donors (Lipinski definition) is 0. The highest BCUT2D eigenvalue weighted by atomic mass is 35.5. The number of carbonyl (C=O) groups is 2. The molecule has 0 aliphatic heterocycles. The Bertz CT molecular complexity index is 1110. The van der Waals surface area contributed by atoms with Crippen LogP contribution in [0.2, 0.25) is 5.02 Å². The topological polar surface area (TPSA) is 47.8 Å². The molecule has 2 aromatic heterocycles. The molecule has 0 N–H and O–H groups in total. The molecular weight excluding hydrogens is 398 g/mol. The van der Waals surface area contributed by atoms with Crippen molar-refractivity contribution in [3.05, 3.63) is 75.6 Å². The van der Waals surface area contributed by atoms with Gasteiger partial charge in [0.25, 0.3) is 0 Å². The molecule has 1 aliphatic rings. The quantitative estimate of drug-likeness (QED) is 0.351. The molecule has 0 atom stereocenters. The van der Waals surface area contributed by atoms with Gasteiger partial charge in [-0.1, -0.05) is 49.6 Å².